The van der Waals surface area contributed by atoms with Crippen molar-refractivity contribution in [3.63, 3.8) is 0 Å². The van der Waals surface area contributed by atoms with Gasteiger partial charge in [0, 0.05) is 24.3 Å². The fourth-order valence-electron chi connectivity index (χ4n) is 1.26. The Labute approximate surface area is 109 Å². The monoisotopic (exact) mass is 284 g/mol. The van der Waals surface area contributed by atoms with Crippen LogP contribution in [-0.2, 0) is 23.1 Å². The van der Waals surface area contributed by atoms with E-state index in [2.05, 4.69) is 14.7 Å². The first-order chi connectivity index (χ1) is 8.62. The molecular formula is C10H12N4O2S2. The first-order valence-electron chi connectivity index (χ1n) is 5.15. The Balaban J connectivity index is 2.09. The number of sulfonamides is 1. The van der Waals surface area contributed by atoms with Gasteiger partial charge in [-0.3, -0.25) is 0 Å². The van der Waals surface area contributed by atoms with E-state index < -0.39 is 10.0 Å². The molecule has 0 aromatic carbocycles. The van der Waals surface area contributed by atoms with E-state index in [9.17, 15) is 8.42 Å². The maximum absolute atomic E-state index is 11.9. The summed E-state index contributed by atoms with van der Waals surface area (Å²) in [6.07, 6.45) is 3.08. The quantitative estimate of drug-likeness (QED) is 0.832. The molecule has 0 bridgehead atoms. The Kier molecular flexibility index (Phi) is 4.02. The summed E-state index contributed by atoms with van der Waals surface area (Å²) in [7, 11) is -3.60. The van der Waals surface area contributed by atoms with Gasteiger partial charge in [-0.25, -0.2) is 23.1 Å². The van der Waals surface area contributed by atoms with Crippen LogP contribution in [-0.4, -0.2) is 18.4 Å². The largest absolute Gasteiger partial charge is 0.326 e. The van der Waals surface area contributed by atoms with E-state index in [1.165, 1.54) is 23.6 Å². The van der Waals surface area contributed by atoms with Gasteiger partial charge >= 0.3 is 0 Å². The van der Waals surface area contributed by atoms with Crippen LogP contribution in [0.5, 0.6) is 0 Å². The van der Waals surface area contributed by atoms with Gasteiger partial charge in [0.25, 0.3) is 10.0 Å². The van der Waals surface area contributed by atoms with Gasteiger partial charge in [0.2, 0.25) is 0 Å². The lowest BCUT2D eigenvalue weighted by atomic mass is 10.3. The maximum atomic E-state index is 11.9. The Bertz CT molecular complexity index is 593. The van der Waals surface area contributed by atoms with Crippen molar-refractivity contribution in [1.29, 1.82) is 0 Å². The summed E-state index contributed by atoms with van der Waals surface area (Å²) in [5.41, 5.74) is 6.21. The van der Waals surface area contributed by atoms with Crippen molar-refractivity contribution in [2.75, 3.05) is 0 Å². The zero-order valence-electron chi connectivity index (χ0n) is 9.41. The van der Waals surface area contributed by atoms with Crippen LogP contribution in [0.3, 0.4) is 0 Å². The van der Waals surface area contributed by atoms with E-state index in [1.54, 1.807) is 17.6 Å². The topological polar surface area (TPSA) is 98.0 Å². The number of thiazole rings is 1. The van der Waals surface area contributed by atoms with Crippen LogP contribution in [0.15, 0.2) is 34.9 Å². The minimum absolute atomic E-state index is 0.0174. The molecule has 0 atom stereocenters. The first-order valence-corrected chi connectivity index (χ1v) is 7.51. The number of aromatic nitrogens is 2. The standard InChI is InChI=1S/C10H12N4O2S2/c11-5-8-1-2-10(13-6-8)18(15,16)14-7-9-12-3-4-17-9/h1-4,6,14H,5,7,11H2. The highest BCUT2D eigenvalue weighted by Gasteiger charge is 2.15. The Hall–Kier alpha value is -1.35. The molecule has 6 nitrogen and oxygen atoms in total. The molecule has 0 aliphatic rings. The van der Waals surface area contributed by atoms with Gasteiger partial charge in [0.1, 0.15) is 5.01 Å². The molecule has 0 radical (unpaired) electrons. The number of nitrogens with one attached hydrogen (secondary N) is 1. The van der Waals surface area contributed by atoms with Crippen LogP contribution in [0.4, 0.5) is 0 Å². The average molecular weight is 284 g/mol. The number of rotatable bonds is 5. The Morgan fingerprint density at radius 2 is 2.17 bits per heavy atom. The molecule has 3 N–H and O–H groups in total. The summed E-state index contributed by atoms with van der Waals surface area (Å²) in [5, 5.41) is 2.48. The third-order valence-corrected chi connectivity index (χ3v) is 4.30. The van der Waals surface area contributed by atoms with E-state index in [0.717, 1.165) is 5.56 Å². The highest BCUT2D eigenvalue weighted by Crippen LogP contribution is 2.08. The summed E-state index contributed by atoms with van der Waals surface area (Å²) in [6, 6.07) is 3.08. The molecule has 8 heteroatoms. The lowest BCUT2D eigenvalue weighted by Gasteiger charge is -2.04. The molecule has 2 aromatic rings. The minimum atomic E-state index is -3.60. The number of hydrogen-bond donors (Lipinski definition) is 2. The summed E-state index contributed by atoms with van der Waals surface area (Å²) >= 11 is 1.39. The molecular weight excluding hydrogens is 272 g/mol. The van der Waals surface area contributed by atoms with E-state index >= 15 is 0 Å². The highest BCUT2D eigenvalue weighted by atomic mass is 32.2. The van der Waals surface area contributed by atoms with Crippen LogP contribution >= 0.6 is 11.3 Å². The summed E-state index contributed by atoms with van der Waals surface area (Å²) in [5.74, 6) is 0. The zero-order valence-corrected chi connectivity index (χ0v) is 11.0. The van der Waals surface area contributed by atoms with Crippen LogP contribution in [0.25, 0.3) is 0 Å². The van der Waals surface area contributed by atoms with Crippen molar-refractivity contribution < 1.29 is 8.42 Å². The van der Waals surface area contributed by atoms with Crippen molar-refractivity contribution in [3.8, 4) is 0 Å². The summed E-state index contributed by atoms with van der Waals surface area (Å²) < 4.78 is 26.2. The Morgan fingerprint density at radius 1 is 1.33 bits per heavy atom. The van der Waals surface area contributed by atoms with Gasteiger partial charge in [0.15, 0.2) is 5.03 Å². The van der Waals surface area contributed by atoms with E-state index in [1.807, 2.05) is 0 Å². The van der Waals surface area contributed by atoms with Gasteiger partial charge in [-0.15, -0.1) is 11.3 Å². The predicted octanol–water partition coefficient (Wildman–Crippen LogP) is 0.475. The van der Waals surface area contributed by atoms with E-state index in [4.69, 9.17) is 5.73 Å². The molecule has 0 spiro atoms. The molecule has 0 aliphatic heterocycles. The number of hydrogen-bond acceptors (Lipinski definition) is 6. The second kappa shape index (κ2) is 5.53. The third-order valence-electron chi connectivity index (χ3n) is 2.21. The van der Waals surface area contributed by atoms with Crippen LogP contribution in [0.1, 0.15) is 10.6 Å². The smallest absolute Gasteiger partial charge is 0.258 e. The van der Waals surface area contributed by atoms with Crippen molar-refractivity contribution >= 4 is 21.4 Å². The minimum Gasteiger partial charge on any atom is -0.326 e. The van der Waals surface area contributed by atoms with Crippen molar-refractivity contribution in [1.82, 2.24) is 14.7 Å². The van der Waals surface area contributed by atoms with E-state index in [-0.39, 0.29) is 11.6 Å². The molecule has 0 aliphatic carbocycles. The average Bonchev–Trinajstić information content (AvgIpc) is 2.90. The predicted molar refractivity (Wildman–Crippen MR) is 68.3 cm³/mol. The number of nitrogens with two attached hydrogens (primary N) is 1. The van der Waals surface area contributed by atoms with Gasteiger partial charge < -0.3 is 5.73 Å². The normalized spacial score (nSPS) is 11.6. The second-order valence-electron chi connectivity index (χ2n) is 3.46. The molecule has 18 heavy (non-hydrogen) atoms. The first kappa shape index (κ1) is 13.1. The summed E-state index contributed by atoms with van der Waals surface area (Å²) in [6.45, 7) is 0.500. The molecule has 0 saturated carbocycles. The molecule has 0 saturated heterocycles. The SMILES string of the molecule is NCc1ccc(S(=O)(=O)NCc2nccs2)nc1. The molecule has 0 amide bonds. The second-order valence-corrected chi connectivity index (χ2v) is 6.15. The fraction of sp³-hybridized carbons (Fsp3) is 0.200. The molecule has 2 rings (SSSR count). The number of nitrogens with zero attached hydrogens (tertiary/aromatic N) is 2. The zero-order chi connectivity index (χ0) is 13.0. The van der Waals surface area contributed by atoms with Gasteiger partial charge in [-0.1, -0.05) is 6.07 Å². The van der Waals surface area contributed by atoms with Crippen molar-refractivity contribution in [3.05, 3.63) is 40.5 Å². The van der Waals surface area contributed by atoms with Gasteiger partial charge in [0.05, 0.1) is 6.54 Å². The van der Waals surface area contributed by atoms with Crippen LogP contribution < -0.4 is 10.5 Å². The Morgan fingerprint density at radius 3 is 2.72 bits per heavy atom. The fourth-order valence-corrected chi connectivity index (χ4v) is 2.82. The van der Waals surface area contributed by atoms with Gasteiger partial charge in [-0.05, 0) is 11.6 Å². The molecule has 0 fully saturated rings. The highest BCUT2D eigenvalue weighted by molar-refractivity contribution is 7.89. The summed E-state index contributed by atoms with van der Waals surface area (Å²) in [4.78, 5) is 7.87. The van der Waals surface area contributed by atoms with Crippen LogP contribution in [0, 0.1) is 0 Å². The van der Waals surface area contributed by atoms with Crippen LogP contribution in [0.2, 0.25) is 0 Å². The van der Waals surface area contributed by atoms with Crippen molar-refractivity contribution in [2.24, 2.45) is 5.73 Å². The lowest BCUT2D eigenvalue weighted by molar-refractivity contribution is 0.577. The molecule has 0 unspecified atom stereocenters. The number of pyridine rings is 1. The molecule has 2 aromatic heterocycles. The van der Waals surface area contributed by atoms with E-state index in [0.29, 0.717) is 11.6 Å². The molecule has 2 heterocycles. The maximum Gasteiger partial charge on any atom is 0.258 e. The third kappa shape index (κ3) is 3.10. The van der Waals surface area contributed by atoms with Crippen molar-refractivity contribution in [2.45, 2.75) is 18.1 Å². The lowest BCUT2D eigenvalue weighted by Crippen LogP contribution is -2.24. The van der Waals surface area contributed by atoms with Gasteiger partial charge in [-0.2, -0.15) is 0 Å². The molecule has 96 valence electrons.